The van der Waals surface area contributed by atoms with Crippen molar-refractivity contribution >= 4 is 43.5 Å². The van der Waals surface area contributed by atoms with E-state index >= 15 is 0 Å². The zero-order chi connectivity index (χ0) is 21.2. The molecule has 0 aliphatic carbocycles. The van der Waals surface area contributed by atoms with Crippen molar-refractivity contribution in [3.8, 4) is 0 Å². The van der Waals surface area contributed by atoms with Crippen LogP contribution in [0.25, 0.3) is 10.2 Å². The molecule has 1 unspecified atom stereocenters. The molecular formula is C18H22FN3O5S2. The summed E-state index contributed by atoms with van der Waals surface area (Å²) in [4.78, 5) is 29.1. The molecule has 29 heavy (non-hydrogen) atoms. The predicted octanol–water partition coefficient (Wildman–Crippen LogP) is 1.50. The first kappa shape index (κ1) is 21.6. The number of carbonyl (C=O) groups excluding carboxylic acids is 2. The van der Waals surface area contributed by atoms with Gasteiger partial charge in [0.15, 0.2) is 4.80 Å². The van der Waals surface area contributed by atoms with Gasteiger partial charge in [-0.25, -0.2) is 17.1 Å². The first-order chi connectivity index (χ1) is 13.7. The van der Waals surface area contributed by atoms with Crippen LogP contribution < -0.4 is 4.80 Å². The van der Waals surface area contributed by atoms with Gasteiger partial charge in [-0.3, -0.25) is 9.59 Å². The molecule has 1 fully saturated rings. The van der Waals surface area contributed by atoms with Crippen molar-refractivity contribution in [2.24, 2.45) is 10.9 Å². The van der Waals surface area contributed by atoms with Crippen LogP contribution in [0.3, 0.4) is 0 Å². The van der Waals surface area contributed by atoms with E-state index in [4.69, 9.17) is 4.74 Å². The summed E-state index contributed by atoms with van der Waals surface area (Å²) in [6.07, 6.45) is 2.19. The third-order valence-electron chi connectivity index (χ3n) is 4.65. The number of carbonyl (C=O) groups is 2. The number of halogens is 1. The Hall–Kier alpha value is -2.11. The molecule has 1 saturated heterocycles. The maximum Gasteiger partial charge on any atom is 0.326 e. The molecule has 11 heteroatoms. The molecule has 1 atom stereocenters. The number of para-hydroxylation sites is 1. The van der Waals surface area contributed by atoms with Gasteiger partial charge in [0.2, 0.25) is 10.0 Å². The third-order valence-corrected chi connectivity index (χ3v) is 6.97. The van der Waals surface area contributed by atoms with Gasteiger partial charge < -0.3 is 9.30 Å². The lowest BCUT2D eigenvalue weighted by molar-refractivity contribution is -0.143. The van der Waals surface area contributed by atoms with Crippen LogP contribution in [-0.2, 0) is 30.9 Å². The van der Waals surface area contributed by atoms with Crippen LogP contribution in [0.15, 0.2) is 23.2 Å². The standard InChI is InChI=1S/C18H22FN3O5S2/c1-3-27-15(23)11-22-16-13(19)7-4-8-14(16)28-18(22)20-17(24)12-6-5-9-21(10-12)29(2,25)26/h4,7-8,12H,3,5-6,9-11H2,1-2H3. The van der Waals surface area contributed by atoms with E-state index in [1.807, 2.05) is 0 Å². The molecule has 0 N–H and O–H groups in total. The number of benzene rings is 1. The Morgan fingerprint density at radius 3 is 2.83 bits per heavy atom. The van der Waals surface area contributed by atoms with Crippen LogP contribution in [-0.4, -0.2) is 55.1 Å². The third kappa shape index (κ3) is 4.90. The number of hydrogen-bond acceptors (Lipinski definition) is 6. The molecule has 158 valence electrons. The lowest BCUT2D eigenvalue weighted by Gasteiger charge is -2.28. The number of rotatable bonds is 5. The van der Waals surface area contributed by atoms with Gasteiger partial charge in [0, 0.05) is 13.1 Å². The van der Waals surface area contributed by atoms with Crippen molar-refractivity contribution in [1.82, 2.24) is 8.87 Å². The second-order valence-corrected chi connectivity index (χ2v) is 9.76. The molecule has 1 aliphatic rings. The van der Waals surface area contributed by atoms with E-state index in [-0.39, 0.29) is 30.0 Å². The van der Waals surface area contributed by atoms with E-state index < -0.39 is 33.6 Å². The van der Waals surface area contributed by atoms with Crippen LogP contribution in [0.4, 0.5) is 4.39 Å². The number of aromatic nitrogens is 1. The fourth-order valence-corrected chi connectivity index (χ4v) is 5.25. The van der Waals surface area contributed by atoms with E-state index in [2.05, 4.69) is 4.99 Å². The molecule has 3 rings (SSSR count). The normalized spacial score (nSPS) is 18.9. The molecule has 2 heterocycles. The Kier molecular flexibility index (Phi) is 6.49. The Morgan fingerprint density at radius 1 is 1.38 bits per heavy atom. The van der Waals surface area contributed by atoms with Gasteiger partial charge in [-0.05, 0) is 31.9 Å². The summed E-state index contributed by atoms with van der Waals surface area (Å²) in [7, 11) is -3.40. The highest BCUT2D eigenvalue weighted by Crippen LogP contribution is 2.22. The van der Waals surface area contributed by atoms with Crippen LogP contribution in [0.2, 0.25) is 0 Å². The van der Waals surface area contributed by atoms with Gasteiger partial charge >= 0.3 is 5.97 Å². The average Bonchev–Trinajstić information content (AvgIpc) is 2.99. The van der Waals surface area contributed by atoms with Crippen LogP contribution in [0.5, 0.6) is 0 Å². The summed E-state index contributed by atoms with van der Waals surface area (Å²) >= 11 is 1.09. The fourth-order valence-electron chi connectivity index (χ4n) is 3.29. The van der Waals surface area contributed by atoms with Gasteiger partial charge in [0.25, 0.3) is 5.91 Å². The smallest absolute Gasteiger partial charge is 0.326 e. The minimum Gasteiger partial charge on any atom is -0.465 e. The van der Waals surface area contributed by atoms with Crippen molar-refractivity contribution in [3.63, 3.8) is 0 Å². The molecule has 0 radical (unpaired) electrons. The fraction of sp³-hybridized carbons (Fsp3) is 0.500. The number of sulfonamides is 1. The highest BCUT2D eigenvalue weighted by molar-refractivity contribution is 7.88. The van der Waals surface area contributed by atoms with Crippen LogP contribution in [0.1, 0.15) is 19.8 Å². The van der Waals surface area contributed by atoms with E-state index in [0.717, 1.165) is 17.6 Å². The molecule has 1 aromatic heterocycles. The number of amides is 1. The highest BCUT2D eigenvalue weighted by atomic mass is 32.2. The van der Waals surface area contributed by atoms with Crippen molar-refractivity contribution in [2.75, 3.05) is 26.0 Å². The Balaban J connectivity index is 1.99. The summed E-state index contributed by atoms with van der Waals surface area (Å²) in [6, 6.07) is 4.49. The second kappa shape index (κ2) is 8.72. The maximum atomic E-state index is 14.4. The summed E-state index contributed by atoms with van der Waals surface area (Å²) < 4.78 is 46.1. The Labute approximate surface area is 171 Å². The summed E-state index contributed by atoms with van der Waals surface area (Å²) in [5.74, 6) is -2.16. The first-order valence-electron chi connectivity index (χ1n) is 9.18. The van der Waals surface area contributed by atoms with Gasteiger partial charge in [-0.15, -0.1) is 0 Å². The largest absolute Gasteiger partial charge is 0.465 e. The van der Waals surface area contributed by atoms with Crippen LogP contribution >= 0.6 is 11.3 Å². The minimum absolute atomic E-state index is 0.0678. The quantitative estimate of drug-likeness (QED) is 0.653. The zero-order valence-corrected chi connectivity index (χ0v) is 17.8. The zero-order valence-electron chi connectivity index (χ0n) is 16.1. The highest BCUT2D eigenvalue weighted by Gasteiger charge is 2.30. The molecule has 1 aromatic carbocycles. The van der Waals surface area contributed by atoms with Gasteiger partial charge in [0.05, 0.1) is 29.0 Å². The molecule has 2 aromatic rings. The lowest BCUT2D eigenvalue weighted by Crippen LogP contribution is -2.41. The van der Waals surface area contributed by atoms with Gasteiger partial charge in [0.1, 0.15) is 12.4 Å². The maximum absolute atomic E-state index is 14.4. The van der Waals surface area contributed by atoms with Crippen molar-refractivity contribution < 1.29 is 27.1 Å². The molecular weight excluding hydrogens is 421 g/mol. The van der Waals surface area contributed by atoms with E-state index in [1.54, 1.807) is 19.1 Å². The Bertz CT molecular complexity index is 1110. The molecule has 0 saturated carbocycles. The topological polar surface area (TPSA) is 98.0 Å². The second-order valence-electron chi connectivity index (χ2n) is 6.77. The van der Waals surface area contributed by atoms with Crippen molar-refractivity contribution in [2.45, 2.75) is 26.3 Å². The van der Waals surface area contributed by atoms with Crippen molar-refractivity contribution in [1.29, 1.82) is 0 Å². The number of esters is 1. The van der Waals surface area contributed by atoms with E-state index in [9.17, 15) is 22.4 Å². The molecule has 8 nitrogen and oxygen atoms in total. The molecule has 1 aliphatic heterocycles. The number of piperidine rings is 1. The Morgan fingerprint density at radius 2 is 2.14 bits per heavy atom. The van der Waals surface area contributed by atoms with E-state index in [0.29, 0.717) is 24.1 Å². The molecule has 0 spiro atoms. The van der Waals surface area contributed by atoms with Gasteiger partial charge in [-0.2, -0.15) is 4.99 Å². The number of fused-ring (bicyclic) bond motifs is 1. The van der Waals surface area contributed by atoms with Gasteiger partial charge in [-0.1, -0.05) is 17.4 Å². The lowest BCUT2D eigenvalue weighted by atomic mass is 9.99. The average molecular weight is 444 g/mol. The van der Waals surface area contributed by atoms with Crippen molar-refractivity contribution in [3.05, 3.63) is 28.8 Å². The monoisotopic (exact) mass is 443 g/mol. The summed E-state index contributed by atoms with van der Waals surface area (Å²) in [5, 5.41) is 0. The summed E-state index contributed by atoms with van der Waals surface area (Å²) in [5.41, 5.74) is 0.179. The number of thiazole rings is 1. The predicted molar refractivity (Wildman–Crippen MR) is 106 cm³/mol. The summed E-state index contributed by atoms with van der Waals surface area (Å²) in [6.45, 7) is 2.01. The number of hydrogen-bond donors (Lipinski definition) is 0. The number of nitrogens with zero attached hydrogens (tertiary/aromatic N) is 3. The number of ether oxygens (including phenoxy) is 1. The first-order valence-corrected chi connectivity index (χ1v) is 11.8. The van der Waals surface area contributed by atoms with Crippen LogP contribution in [0, 0.1) is 11.7 Å². The van der Waals surface area contributed by atoms with E-state index in [1.165, 1.54) is 14.9 Å². The SMILES string of the molecule is CCOC(=O)Cn1c(=NC(=O)C2CCCN(S(C)(=O)=O)C2)sc2cccc(F)c21. The molecule has 1 amide bonds. The minimum atomic E-state index is -3.40. The molecule has 0 bridgehead atoms.